The van der Waals surface area contributed by atoms with Crippen molar-refractivity contribution in [3.05, 3.63) is 41.1 Å². The van der Waals surface area contributed by atoms with Crippen LogP contribution in [-0.2, 0) is 11.2 Å². The van der Waals surface area contributed by atoms with E-state index in [4.69, 9.17) is 25.2 Å². The van der Waals surface area contributed by atoms with Crippen LogP contribution in [0.25, 0.3) is 0 Å². The monoisotopic (exact) mass is 532 g/mol. The van der Waals surface area contributed by atoms with E-state index in [1.54, 1.807) is 18.1 Å². The molecule has 1 aliphatic rings. The SMILES string of the molecule is CC(C)c1[nH]nc(O[C@@H]2O[C@H](CO)[C@@H](O)[C@H](O)[C@H]2O)c1Cc1ccc(OCCCN(C)C(N)=NC#N)cc1. The molecular formula is C25H36N6O7. The lowest BCUT2D eigenvalue weighted by Gasteiger charge is -2.39. The number of hydrogen-bond donors (Lipinski definition) is 6. The summed E-state index contributed by atoms with van der Waals surface area (Å²) in [5.74, 6) is 1.15. The van der Waals surface area contributed by atoms with E-state index in [1.807, 2.05) is 38.1 Å². The first-order chi connectivity index (χ1) is 18.2. The van der Waals surface area contributed by atoms with Gasteiger partial charge in [0.1, 0.15) is 30.2 Å². The summed E-state index contributed by atoms with van der Waals surface area (Å²) in [6.07, 6.45) is -4.17. The number of guanidine groups is 1. The fourth-order valence-electron chi connectivity index (χ4n) is 4.03. The Labute approximate surface area is 221 Å². The van der Waals surface area contributed by atoms with Crippen molar-refractivity contribution in [1.29, 1.82) is 5.26 Å². The molecule has 0 bridgehead atoms. The van der Waals surface area contributed by atoms with Crippen LogP contribution in [0.15, 0.2) is 29.3 Å². The molecule has 208 valence electrons. The van der Waals surface area contributed by atoms with Gasteiger partial charge in [-0.2, -0.15) is 5.26 Å². The normalized spacial score (nSPS) is 23.8. The number of aliphatic hydroxyl groups is 4. The molecular weight excluding hydrogens is 496 g/mol. The smallest absolute Gasteiger partial charge is 0.238 e. The van der Waals surface area contributed by atoms with Crippen LogP contribution in [0.3, 0.4) is 0 Å². The number of aliphatic hydroxyl groups excluding tert-OH is 4. The van der Waals surface area contributed by atoms with Crippen LogP contribution in [0.1, 0.15) is 43.0 Å². The number of aromatic nitrogens is 2. The molecule has 0 unspecified atom stereocenters. The minimum atomic E-state index is -1.55. The lowest BCUT2D eigenvalue weighted by Crippen LogP contribution is -2.60. The van der Waals surface area contributed by atoms with E-state index in [9.17, 15) is 20.4 Å². The number of nitrogens with one attached hydrogen (secondary N) is 1. The minimum absolute atomic E-state index is 0.0950. The van der Waals surface area contributed by atoms with Crippen molar-refractivity contribution < 1.29 is 34.6 Å². The van der Waals surface area contributed by atoms with Gasteiger partial charge in [-0.15, -0.1) is 10.1 Å². The average Bonchev–Trinajstić information content (AvgIpc) is 3.29. The zero-order chi connectivity index (χ0) is 27.8. The third-order valence-corrected chi connectivity index (χ3v) is 6.28. The second-order valence-electron chi connectivity index (χ2n) is 9.41. The first-order valence-electron chi connectivity index (χ1n) is 12.4. The second kappa shape index (κ2) is 13.4. The van der Waals surface area contributed by atoms with Gasteiger partial charge in [0.2, 0.25) is 24.3 Å². The van der Waals surface area contributed by atoms with E-state index >= 15 is 0 Å². The molecule has 2 heterocycles. The highest BCUT2D eigenvalue weighted by molar-refractivity contribution is 5.78. The maximum atomic E-state index is 10.4. The molecule has 0 aliphatic carbocycles. The van der Waals surface area contributed by atoms with Crippen LogP contribution in [-0.4, -0.2) is 99.0 Å². The number of aliphatic imine (C=N–C) groups is 1. The highest BCUT2D eigenvalue weighted by Gasteiger charge is 2.45. The molecule has 1 fully saturated rings. The number of nitriles is 1. The van der Waals surface area contributed by atoms with Gasteiger partial charge >= 0.3 is 0 Å². The maximum absolute atomic E-state index is 10.4. The molecule has 0 spiro atoms. The van der Waals surface area contributed by atoms with E-state index in [2.05, 4.69) is 15.2 Å². The van der Waals surface area contributed by atoms with Crippen molar-refractivity contribution in [2.45, 2.75) is 63.3 Å². The fourth-order valence-corrected chi connectivity index (χ4v) is 4.03. The number of nitrogens with two attached hydrogens (primary N) is 1. The first kappa shape index (κ1) is 29.2. The summed E-state index contributed by atoms with van der Waals surface area (Å²) in [7, 11) is 1.75. The standard InChI is InChI=1S/C25H36N6O7/c1-14(2)19-17(23(30-29-19)38-24-22(35)21(34)20(33)18(12-32)37-24)11-15-5-7-16(8-6-15)36-10-4-9-31(3)25(27)28-13-26/h5-8,14,18,20-22,24,32-35H,4,9-12H2,1-3H3,(H2,27,28)(H,29,30)/t18-,20-,21+,22-,24+/m1/s1. The molecule has 13 heteroatoms. The van der Waals surface area contributed by atoms with Crippen LogP contribution >= 0.6 is 0 Å². The van der Waals surface area contributed by atoms with Crippen molar-refractivity contribution in [3.8, 4) is 17.8 Å². The number of benzene rings is 1. The lowest BCUT2D eigenvalue weighted by atomic mass is 9.98. The average molecular weight is 533 g/mol. The zero-order valence-corrected chi connectivity index (χ0v) is 21.7. The number of aromatic amines is 1. The molecule has 3 rings (SSSR count). The molecule has 0 amide bonds. The summed E-state index contributed by atoms with van der Waals surface area (Å²) in [6, 6.07) is 7.57. The van der Waals surface area contributed by atoms with Crippen LogP contribution in [0.4, 0.5) is 0 Å². The van der Waals surface area contributed by atoms with Crippen molar-refractivity contribution in [2.75, 3.05) is 26.8 Å². The quantitative estimate of drug-likeness (QED) is 0.0968. The summed E-state index contributed by atoms with van der Waals surface area (Å²) in [5.41, 5.74) is 8.22. The van der Waals surface area contributed by atoms with Crippen LogP contribution in [0.5, 0.6) is 11.6 Å². The summed E-state index contributed by atoms with van der Waals surface area (Å²) in [6.45, 7) is 4.50. The molecule has 1 aliphatic heterocycles. The second-order valence-corrected chi connectivity index (χ2v) is 9.41. The summed E-state index contributed by atoms with van der Waals surface area (Å²) >= 11 is 0. The van der Waals surface area contributed by atoms with Gasteiger partial charge in [0, 0.05) is 31.3 Å². The molecule has 0 saturated carbocycles. The largest absolute Gasteiger partial charge is 0.494 e. The van der Waals surface area contributed by atoms with Gasteiger partial charge < -0.3 is 45.3 Å². The number of rotatable bonds is 11. The van der Waals surface area contributed by atoms with E-state index < -0.39 is 37.3 Å². The van der Waals surface area contributed by atoms with Gasteiger partial charge in [-0.05, 0) is 30.0 Å². The van der Waals surface area contributed by atoms with Crippen molar-refractivity contribution in [2.24, 2.45) is 10.7 Å². The number of hydrogen-bond acceptors (Lipinski definition) is 10. The Morgan fingerprint density at radius 1 is 1.24 bits per heavy atom. The van der Waals surface area contributed by atoms with Crippen LogP contribution in [0.2, 0.25) is 0 Å². The van der Waals surface area contributed by atoms with Crippen LogP contribution < -0.4 is 15.2 Å². The summed E-state index contributed by atoms with van der Waals surface area (Å²) in [4.78, 5) is 5.17. The lowest BCUT2D eigenvalue weighted by molar-refractivity contribution is -0.278. The number of nitrogens with zero attached hydrogens (tertiary/aromatic N) is 4. The van der Waals surface area contributed by atoms with Gasteiger partial charge in [0.25, 0.3) is 0 Å². The molecule has 2 aromatic rings. The number of ether oxygens (including phenoxy) is 3. The van der Waals surface area contributed by atoms with Gasteiger partial charge in [-0.1, -0.05) is 26.0 Å². The first-order valence-corrected chi connectivity index (χ1v) is 12.4. The molecule has 0 radical (unpaired) electrons. The Bertz CT molecular complexity index is 1100. The minimum Gasteiger partial charge on any atom is -0.494 e. The highest BCUT2D eigenvalue weighted by Crippen LogP contribution is 2.31. The highest BCUT2D eigenvalue weighted by atomic mass is 16.7. The van der Waals surface area contributed by atoms with Crippen LogP contribution in [0, 0.1) is 11.5 Å². The van der Waals surface area contributed by atoms with Gasteiger partial charge in [0.05, 0.1) is 13.2 Å². The van der Waals surface area contributed by atoms with Crippen molar-refractivity contribution in [1.82, 2.24) is 15.1 Å². The predicted molar refractivity (Wildman–Crippen MR) is 136 cm³/mol. The third kappa shape index (κ3) is 7.12. The topological polar surface area (TPSA) is 203 Å². The summed E-state index contributed by atoms with van der Waals surface area (Å²) < 4.78 is 17.1. The zero-order valence-electron chi connectivity index (χ0n) is 21.7. The van der Waals surface area contributed by atoms with E-state index in [0.717, 1.165) is 16.8 Å². The van der Waals surface area contributed by atoms with Gasteiger partial charge in [-0.3, -0.25) is 5.10 Å². The third-order valence-electron chi connectivity index (χ3n) is 6.28. The van der Waals surface area contributed by atoms with Crippen molar-refractivity contribution >= 4 is 5.96 Å². The Morgan fingerprint density at radius 3 is 2.58 bits per heavy atom. The van der Waals surface area contributed by atoms with Gasteiger partial charge in [0.15, 0.2) is 0 Å². The molecule has 38 heavy (non-hydrogen) atoms. The Hall–Kier alpha value is -3.41. The van der Waals surface area contributed by atoms with E-state index in [-0.39, 0.29) is 17.8 Å². The Kier molecular flexibility index (Phi) is 10.3. The fraction of sp³-hybridized carbons (Fsp3) is 0.560. The molecule has 13 nitrogen and oxygen atoms in total. The van der Waals surface area contributed by atoms with Crippen molar-refractivity contribution in [3.63, 3.8) is 0 Å². The Morgan fingerprint density at radius 2 is 1.95 bits per heavy atom. The van der Waals surface area contributed by atoms with E-state index in [0.29, 0.717) is 31.7 Å². The molecule has 5 atom stereocenters. The van der Waals surface area contributed by atoms with E-state index in [1.165, 1.54) is 0 Å². The molecule has 1 aromatic heterocycles. The Balaban J connectivity index is 1.64. The van der Waals surface area contributed by atoms with Gasteiger partial charge in [-0.25, -0.2) is 0 Å². The predicted octanol–water partition coefficient (Wildman–Crippen LogP) is -0.201. The molecule has 1 saturated heterocycles. The number of H-pyrrole nitrogens is 1. The summed E-state index contributed by atoms with van der Waals surface area (Å²) in [5, 5.41) is 55.7. The molecule has 1 aromatic carbocycles. The maximum Gasteiger partial charge on any atom is 0.238 e. The molecule has 7 N–H and O–H groups in total.